The van der Waals surface area contributed by atoms with E-state index in [4.69, 9.17) is 4.74 Å². The monoisotopic (exact) mass is 455 g/mol. The van der Waals surface area contributed by atoms with Gasteiger partial charge in [0, 0.05) is 56.5 Å². The van der Waals surface area contributed by atoms with Crippen LogP contribution in [0.1, 0.15) is 45.2 Å². The van der Waals surface area contributed by atoms with Crippen LogP contribution in [-0.2, 0) is 15.7 Å². The molecule has 1 N–H and O–H groups in total. The molecule has 0 radical (unpaired) electrons. The van der Waals surface area contributed by atoms with Gasteiger partial charge in [0.2, 0.25) is 11.9 Å². The maximum absolute atomic E-state index is 13.3. The third kappa shape index (κ3) is 5.01. The predicted octanol–water partition coefficient (Wildman–Crippen LogP) is 2.72. The third-order valence-corrected chi connectivity index (χ3v) is 7.13. The first kappa shape index (κ1) is 23.2. The van der Waals surface area contributed by atoms with Crippen LogP contribution in [0.3, 0.4) is 0 Å². The Kier molecular flexibility index (Phi) is 6.63. The Bertz CT molecular complexity index is 815. The molecule has 1 saturated carbocycles. The number of rotatable bonds is 4. The van der Waals surface area contributed by atoms with Crippen molar-refractivity contribution in [1.82, 2.24) is 20.2 Å². The quantitative estimate of drug-likeness (QED) is 0.753. The maximum atomic E-state index is 13.3. The molecule has 2 aliphatic heterocycles. The van der Waals surface area contributed by atoms with E-state index in [1.807, 2.05) is 11.8 Å². The van der Waals surface area contributed by atoms with E-state index in [-0.39, 0.29) is 11.9 Å². The predicted molar refractivity (Wildman–Crippen MR) is 113 cm³/mol. The summed E-state index contributed by atoms with van der Waals surface area (Å²) in [4.78, 5) is 24.6. The second kappa shape index (κ2) is 9.13. The topological polar surface area (TPSA) is 70.6 Å². The number of aromatic nitrogens is 2. The lowest BCUT2D eigenvalue weighted by molar-refractivity contribution is -0.141. The number of hydrogen-bond donors (Lipinski definition) is 1. The molecular formula is C22H32F3N5O2. The van der Waals surface area contributed by atoms with Crippen LogP contribution in [-0.4, -0.2) is 72.3 Å². The first-order chi connectivity index (χ1) is 15.2. The summed E-state index contributed by atoms with van der Waals surface area (Å²) in [6.07, 6.45) is 0.269. The van der Waals surface area contributed by atoms with Crippen molar-refractivity contribution in [3.8, 4) is 0 Å². The van der Waals surface area contributed by atoms with Gasteiger partial charge in [-0.1, -0.05) is 13.8 Å². The molecule has 3 heterocycles. The van der Waals surface area contributed by atoms with Crippen LogP contribution in [0, 0.1) is 11.3 Å². The van der Waals surface area contributed by atoms with E-state index >= 15 is 0 Å². The molecule has 7 nitrogen and oxygen atoms in total. The van der Waals surface area contributed by atoms with E-state index in [1.165, 1.54) is 0 Å². The molecule has 2 saturated heterocycles. The van der Waals surface area contributed by atoms with Crippen molar-refractivity contribution >= 4 is 11.9 Å². The lowest BCUT2D eigenvalue weighted by atomic mass is 9.86. The van der Waals surface area contributed by atoms with E-state index in [1.54, 1.807) is 4.90 Å². The van der Waals surface area contributed by atoms with Crippen LogP contribution < -0.4 is 10.2 Å². The molecule has 1 aliphatic carbocycles. The third-order valence-electron chi connectivity index (χ3n) is 7.13. The Hall–Kier alpha value is -1.94. The number of piperazine rings is 1. The molecule has 0 aromatic carbocycles. The minimum Gasteiger partial charge on any atom is -0.381 e. The van der Waals surface area contributed by atoms with Gasteiger partial charge >= 0.3 is 6.18 Å². The van der Waals surface area contributed by atoms with Crippen molar-refractivity contribution in [3.05, 3.63) is 18.0 Å². The van der Waals surface area contributed by atoms with Gasteiger partial charge in [0.1, 0.15) is 5.69 Å². The molecule has 178 valence electrons. The molecule has 1 aromatic rings. The Morgan fingerprint density at radius 3 is 2.69 bits per heavy atom. The summed E-state index contributed by atoms with van der Waals surface area (Å²) >= 11 is 0. The Balaban J connectivity index is 1.31. The highest BCUT2D eigenvalue weighted by Gasteiger charge is 2.44. The molecule has 2 unspecified atom stereocenters. The molecule has 1 amide bonds. The van der Waals surface area contributed by atoms with Crippen LogP contribution in [0.15, 0.2) is 12.3 Å². The van der Waals surface area contributed by atoms with Gasteiger partial charge in [-0.15, -0.1) is 0 Å². The average molecular weight is 456 g/mol. The Labute approximate surface area is 186 Å². The molecule has 0 spiro atoms. The number of amides is 1. The lowest BCUT2D eigenvalue weighted by Crippen LogP contribution is -2.53. The number of ether oxygens (including phenoxy) is 1. The minimum atomic E-state index is -4.50. The van der Waals surface area contributed by atoms with Crippen molar-refractivity contribution in [2.24, 2.45) is 11.3 Å². The minimum absolute atomic E-state index is 0.0637. The smallest absolute Gasteiger partial charge is 0.381 e. The van der Waals surface area contributed by atoms with Gasteiger partial charge in [-0.2, -0.15) is 13.2 Å². The number of hydrogen-bond acceptors (Lipinski definition) is 6. The molecule has 4 rings (SSSR count). The van der Waals surface area contributed by atoms with Crippen LogP contribution in [0.2, 0.25) is 0 Å². The average Bonchev–Trinajstić information content (AvgIpc) is 3.16. The number of alkyl halides is 3. The zero-order valence-corrected chi connectivity index (χ0v) is 18.7. The molecular weight excluding hydrogens is 423 g/mol. The van der Waals surface area contributed by atoms with Crippen molar-refractivity contribution in [1.29, 1.82) is 0 Å². The highest BCUT2D eigenvalue weighted by molar-refractivity contribution is 5.83. The summed E-state index contributed by atoms with van der Waals surface area (Å²) in [6.45, 7) is 7.57. The van der Waals surface area contributed by atoms with Crippen molar-refractivity contribution in [3.63, 3.8) is 0 Å². The Morgan fingerprint density at radius 2 is 2.00 bits per heavy atom. The fourth-order valence-electron chi connectivity index (χ4n) is 5.16. The number of carbonyl (C=O) groups excluding carboxylic acids is 1. The number of halogens is 3. The molecule has 32 heavy (non-hydrogen) atoms. The van der Waals surface area contributed by atoms with Gasteiger partial charge in [-0.25, -0.2) is 9.97 Å². The van der Waals surface area contributed by atoms with Crippen molar-refractivity contribution in [2.75, 3.05) is 44.3 Å². The van der Waals surface area contributed by atoms with Gasteiger partial charge in [0.25, 0.3) is 0 Å². The SMILES string of the molecule is CC1COCCC1N[C@@H]1CC[C@](C)(C(=O)N2CCN(c3nccc(C(F)(F)F)n3)CC2)C1. The van der Waals surface area contributed by atoms with Crippen molar-refractivity contribution in [2.45, 2.75) is 57.8 Å². The molecule has 0 bridgehead atoms. The number of carbonyl (C=O) groups is 1. The maximum Gasteiger partial charge on any atom is 0.433 e. The molecule has 3 fully saturated rings. The summed E-state index contributed by atoms with van der Waals surface area (Å²) in [6, 6.07) is 1.63. The second-order valence-electron chi connectivity index (χ2n) is 9.63. The number of nitrogens with zero attached hydrogens (tertiary/aromatic N) is 4. The highest BCUT2D eigenvalue weighted by Crippen LogP contribution is 2.40. The first-order valence-electron chi connectivity index (χ1n) is 11.4. The molecule has 1 aromatic heterocycles. The van der Waals surface area contributed by atoms with E-state index in [0.29, 0.717) is 44.2 Å². The summed E-state index contributed by atoms with van der Waals surface area (Å²) < 4.78 is 44.4. The van der Waals surface area contributed by atoms with E-state index in [0.717, 1.165) is 51.2 Å². The van der Waals surface area contributed by atoms with E-state index < -0.39 is 17.3 Å². The largest absolute Gasteiger partial charge is 0.433 e. The molecule has 10 heteroatoms. The van der Waals surface area contributed by atoms with Gasteiger partial charge in [-0.05, 0) is 37.7 Å². The van der Waals surface area contributed by atoms with Gasteiger partial charge in [0.05, 0.1) is 6.61 Å². The zero-order chi connectivity index (χ0) is 22.9. The summed E-state index contributed by atoms with van der Waals surface area (Å²) in [5.74, 6) is 0.678. The number of anilines is 1. The summed E-state index contributed by atoms with van der Waals surface area (Å²) in [7, 11) is 0. The van der Waals surface area contributed by atoms with Crippen LogP contribution >= 0.6 is 0 Å². The van der Waals surface area contributed by atoms with Crippen LogP contribution in [0.25, 0.3) is 0 Å². The van der Waals surface area contributed by atoms with Gasteiger partial charge in [0.15, 0.2) is 0 Å². The second-order valence-corrected chi connectivity index (χ2v) is 9.63. The van der Waals surface area contributed by atoms with E-state index in [9.17, 15) is 18.0 Å². The Morgan fingerprint density at radius 1 is 1.25 bits per heavy atom. The number of nitrogens with one attached hydrogen (secondary N) is 1. The van der Waals surface area contributed by atoms with Gasteiger partial charge < -0.3 is 19.9 Å². The standard InChI is InChI=1S/C22H32F3N5O2/c1-15-14-32-12-5-17(15)27-16-3-6-21(2,13-16)19(31)29-8-10-30(11-9-29)20-26-7-4-18(28-20)22(23,24)25/h4,7,15-17,27H,3,5-6,8-14H2,1-2H3/t15?,16-,17?,21+/m1/s1. The lowest BCUT2D eigenvalue weighted by Gasteiger charge is -2.39. The highest BCUT2D eigenvalue weighted by atomic mass is 19.4. The fraction of sp³-hybridized carbons (Fsp3) is 0.773. The van der Waals surface area contributed by atoms with E-state index in [2.05, 4.69) is 22.2 Å². The van der Waals surface area contributed by atoms with Crippen molar-refractivity contribution < 1.29 is 22.7 Å². The zero-order valence-electron chi connectivity index (χ0n) is 18.7. The van der Waals surface area contributed by atoms with Crippen LogP contribution in [0.5, 0.6) is 0 Å². The van der Waals surface area contributed by atoms with Gasteiger partial charge in [-0.3, -0.25) is 4.79 Å². The first-order valence-corrected chi connectivity index (χ1v) is 11.4. The molecule has 4 atom stereocenters. The normalized spacial score (nSPS) is 31.7. The summed E-state index contributed by atoms with van der Waals surface area (Å²) in [5.41, 5.74) is -1.35. The van der Waals surface area contributed by atoms with Crippen LogP contribution in [0.4, 0.5) is 19.1 Å². The molecule has 3 aliphatic rings. The summed E-state index contributed by atoms with van der Waals surface area (Å²) in [5, 5.41) is 3.76. The fourth-order valence-corrected chi connectivity index (χ4v) is 5.16.